The van der Waals surface area contributed by atoms with Gasteiger partial charge in [0.15, 0.2) is 0 Å². The number of hydrogen-bond acceptors (Lipinski definition) is 5. The summed E-state index contributed by atoms with van der Waals surface area (Å²) in [5.41, 5.74) is 5.23. The van der Waals surface area contributed by atoms with Crippen LogP contribution in [0.5, 0.6) is 0 Å². The molecule has 0 fully saturated rings. The van der Waals surface area contributed by atoms with E-state index in [0.717, 1.165) is 0 Å². The fraction of sp³-hybridized carbons (Fsp3) is 0.875. The lowest BCUT2D eigenvalue weighted by Crippen LogP contribution is -2.37. The van der Waals surface area contributed by atoms with Gasteiger partial charge >= 0.3 is 0 Å². The van der Waals surface area contributed by atoms with Gasteiger partial charge in [-0.15, -0.1) is 0 Å². The minimum Gasteiger partial charge on any atom is -0.394 e. The SMILES string of the molecule is NCCNCC(=O)NCCOCCO. The monoisotopic (exact) mass is 205 g/mol. The third-order valence-electron chi connectivity index (χ3n) is 1.41. The molecular formula is C8H19N3O3. The Kier molecular flexibility index (Phi) is 9.88. The van der Waals surface area contributed by atoms with E-state index >= 15 is 0 Å². The Morgan fingerprint density at radius 1 is 1.36 bits per heavy atom. The zero-order valence-electron chi connectivity index (χ0n) is 8.29. The van der Waals surface area contributed by atoms with Crippen LogP contribution in [0.15, 0.2) is 0 Å². The second-order valence-corrected chi connectivity index (χ2v) is 2.65. The van der Waals surface area contributed by atoms with Crippen LogP contribution in [0.3, 0.4) is 0 Å². The summed E-state index contributed by atoms with van der Waals surface area (Å²) in [7, 11) is 0. The van der Waals surface area contributed by atoms with Crippen LogP contribution in [0.4, 0.5) is 0 Å². The predicted octanol–water partition coefficient (Wildman–Crippen LogP) is -2.34. The van der Waals surface area contributed by atoms with Gasteiger partial charge < -0.3 is 26.2 Å². The van der Waals surface area contributed by atoms with Crippen LogP contribution in [0.2, 0.25) is 0 Å². The van der Waals surface area contributed by atoms with Gasteiger partial charge in [-0.2, -0.15) is 0 Å². The van der Waals surface area contributed by atoms with Crippen molar-refractivity contribution in [3.8, 4) is 0 Å². The van der Waals surface area contributed by atoms with E-state index < -0.39 is 0 Å². The van der Waals surface area contributed by atoms with Crippen LogP contribution in [0.1, 0.15) is 0 Å². The molecule has 0 radical (unpaired) electrons. The number of nitrogens with two attached hydrogens (primary N) is 1. The van der Waals surface area contributed by atoms with Gasteiger partial charge in [-0.3, -0.25) is 4.79 Å². The van der Waals surface area contributed by atoms with Crippen molar-refractivity contribution in [3.63, 3.8) is 0 Å². The summed E-state index contributed by atoms with van der Waals surface area (Å²) < 4.78 is 4.95. The molecule has 0 rings (SSSR count). The van der Waals surface area contributed by atoms with Crippen molar-refractivity contribution >= 4 is 5.91 Å². The van der Waals surface area contributed by atoms with E-state index in [0.29, 0.717) is 32.8 Å². The smallest absolute Gasteiger partial charge is 0.234 e. The van der Waals surface area contributed by atoms with Crippen molar-refractivity contribution in [2.75, 3.05) is 46.0 Å². The molecule has 0 unspecified atom stereocenters. The first-order valence-electron chi connectivity index (χ1n) is 4.67. The molecule has 0 aromatic carbocycles. The lowest BCUT2D eigenvalue weighted by molar-refractivity contribution is -0.120. The number of carbonyl (C=O) groups is 1. The number of rotatable bonds is 9. The Bertz CT molecular complexity index is 144. The summed E-state index contributed by atoms with van der Waals surface area (Å²) in [4.78, 5) is 11.0. The van der Waals surface area contributed by atoms with Gasteiger partial charge in [0.05, 0.1) is 26.4 Å². The normalized spacial score (nSPS) is 10.1. The number of hydrogen-bond donors (Lipinski definition) is 4. The molecule has 6 nitrogen and oxygen atoms in total. The number of ether oxygens (including phenoxy) is 1. The average Bonchev–Trinajstić information content (AvgIpc) is 2.18. The predicted molar refractivity (Wildman–Crippen MR) is 52.8 cm³/mol. The number of nitrogens with one attached hydrogen (secondary N) is 2. The molecule has 14 heavy (non-hydrogen) atoms. The molecule has 1 amide bonds. The quantitative estimate of drug-likeness (QED) is 0.316. The highest BCUT2D eigenvalue weighted by Gasteiger charge is 1.98. The molecule has 0 atom stereocenters. The standard InChI is InChI=1S/C8H19N3O3/c9-1-2-10-7-8(13)11-3-5-14-6-4-12/h10,12H,1-7,9H2,(H,11,13). The molecule has 0 aliphatic rings. The lowest BCUT2D eigenvalue weighted by atomic mass is 10.5. The van der Waals surface area contributed by atoms with Gasteiger partial charge in [-0.05, 0) is 0 Å². The van der Waals surface area contributed by atoms with Crippen molar-refractivity contribution in [3.05, 3.63) is 0 Å². The zero-order valence-corrected chi connectivity index (χ0v) is 8.29. The molecule has 6 heteroatoms. The van der Waals surface area contributed by atoms with E-state index in [1.807, 2.05) is 0 Å². The number of carbonyl (C=O) groups excluding carboxylic acids is 1. The lowest BCUT2D eigenvalue weighted by Gasteiger charge is -2.06. The van der Waals surface area contributed by atoms with Crippen molar-refractivity contribution < 1.29 is 14.6 Å². The van der Waals surface area contributed by atoms with E-state index in [2.05, 4.69) is 10.6 Å². The highest BCUT2D eigenvalue weighted by Crippen LogP contribution is 1.72. The average molecular weight is 205 g/mol. The van der Waals surface area contributed by atoms with E-state index in [-0.39, 0.29) is 19.1 Å². The van der Waals surface area contributed by atoms with Gasteiger partial charge in [0.2, 0.25) is 5.91 Å². The van der Waals surface area contributed by atoms with E-state index in [9.17, 15) is 4.79 Å². The molecule has 0 saturated heterocycles. The van der Waals surface area contributed by atoms with Crippen LogP contribution >= 0.6 is 0 Å². The molecule has 0 spiro atoms. The first kappa shape index (κ1) is 13.3. The molecule has 0 aliphatic carbocycles. The van der Waals surface area contributed by atoms with Gasteiger partial charge in [-0.1, -0.05) is 0 Å². The Morgan fingerprint density at radius 2 is 2.14 bits per heavy atom. The highest BCUT2D eigenvalue weighted by atomic mass is 16.5. The third kappa shape index (κ3) is 9.40. The van der Waals surface area contributed by atoms with Crippen LogP contribution in [0, 0.1) is 0 Å². The van der Waals surface area contributed by atoms with Crippen molar-refractivity contribution in [1.29, 1.82) is 0 Å². The van der Waals surface area contributed by atoms with Crippen LogP contribution in [-0.2, 0) is 9.53 Å². The molecular weight excluding hydrogens is 186 g/mol. The van der Waals surface area contributed by atoms with Crippen LogP contribution in [-0.4, -0.2) is 57.0 Å². The Morgan fingerprint density at radius 3 is 2.79 bits per heavy atom. The van der Waals surface area contributed by atoms with Crippen molar-refractivity contribution in [2.24, 2.45) is 5.73 Å². The maximum Gasteiger partial charge on any atom is 0.234 e. The largest absolute Gasteiger partial charge is 0.394 e. The molecule has 0 aliphatic heterocycles. The van der Waals surface area contributed by atoms with Gasteiger partial charge in [-0.25, -0.2) is 0 Å². The van der Waals surface area contributed by atoms with Gasteiger partial charge in [0.1, 0.15) is 0 Å². The summed E-state index contributed by atoms with van der Waals surface area (Å²) >= 11 is 0. The highest BCUT2D eigenvalue weighted by molar-refractivity contribution is 5.77. The Labute approximate surface area is 83.8 Å². The molecule has 0 saturated carbocycles. The van der Waals surface area contributed by atoms with Crippen LogP contribution in [0.25, 0.3) is 0 Å². The first-order valence-corrected chi connectivity index (χ1v) is 4.67. The molecule has 84 valence electrons. The Hall–Kier alpha value is -0.690. The van der Waals surface area contributed by atoms with Gasteiger partial charge in [0.25, 0.3) is 0 Å². The summed E-state index contributed by atoms with van der Waals surface area (Å²) in [5.74, 6) is -0.0777. The molecule has 0 bridgehead atoms. The maximum absolute atomic E-state index is 11.0. The second kappa shape index (κ2) is 10.4. The summed E-state index contributed by atoms with van der Waals surface area (Å²) in [5, 5.41) is 13.9. The van der Waals surface area contributed by atoms with E-state index in [4.69, 9.17) is 15.6 Å². The van der Waals surface area contributed by atoms with Crippen LogP contribution < -0.4 is 16.4 Å². The first-order chi connectivity index (χ1) is 6.81. The number of aliphatic hydroxyl groups excluding tert-OH is 1. The number of aliphatic hydroxyl groups is 1. The van der Waals surface area contributed by atoms with Crippen molar-refractivity contribution in [1.82, 2.24) is 10.6 Å². The summed E-state index contributed by atoms with van der Waals surface area (Å²) in [6, 6.07) is 0. The topological polar surface area (TPSA) is 96.6 Å². The van der Waals surface area contributed by atoms with Crippen molar-refractivity contribution in [2.45, 2.75) is 0 Å². The molecule has 5 N–H and O–H groups in total. The second-order valence-electron chi connectivity index (χ2n) is 2.65. The third-order valence-corrected chi connectivity index (χ3v) is 1.41. The van der Waals surface area contributed by atoms with E-state index in [1.54, 1.807) is 0 Å². The number of amides is 1. The fourth-order valence-corrected chi connectivity index (χ4v) is 0.796. The minimum absolute atomic E-state index is 0.00595. The van der Waals surface area contributed by atoms with E-state index in [1.165, 1.54) is 0 Å². The fourth-order valence-electron chi connectivity index (χ4n) is 0.796. The summed E-state index contributed by atoms with van der Waals surface area (Å²) in [6.45, 7) is 2.62. The minimum atomic E-state index is -0.0777. The molecule has 0 aromatic heterocycles. The Balaban J connectivity index is 3.10. The molecule has 0 aromatic rings. The molecule has 0 heterocycles. The van der Waals surface area contributed by atoms with Gasteiger partial charge in [0, 0.05) is 19.6 Å². The maximum atomic E-state index is 11.0. The summed E-state index contributed by atoms with van der Waals surface area (Å²) in [6.07, 6.45) is 0. The zero-order chi connectivity index (χ0) is 10.6.